The highest BCUT2D eigenvalue weighted by molar-refractivity contribution is 6.33. The van der Waals surface area contributed by atoms with E-state index < -0.39 is 5.41 Å². The lowest BCUT2D eigenvalue weighted by molar-refractivity contribution is -0.136. The van der Waals surface area contributed by atoms with Crippen molar-refractivity contribution in [2.45, 2.75) is 45.4 Å². The average Bonchev–Trinajstić information content (AvgIpc) is 2.85. The Morgan fingerprint density at radius 1 is 0.941 bits per heavy atom. The van der Waals surface area contributed by atoms with Gasteiger partial charge < -0.3 is 14.5 Å². The van der Waals surface area contributed by atoms with Crippen molar-refractivity contribution in [3.8, 4) is 5.75 Å². The second-order valence-corrected chi connectivity index (χ2v) is 10.4. The first-order chi connectivity index (χ1) is 16.4. The Bertz CT molecular complexity index is 1040. The van der Waals surface area contributed by atoms with E-state index in [1.807, 2.05) is 47.1 Å². The molecule has 2 fully saturated rings. The van der Waals surface area contributed by atoms with Crippen LogP contribution in [0.3, 0.4) is 0 Å². The lowest BCUT2D eigenvalue weighted by Crippen LogP contribution is -2.51. The molecule has 182 valence electrons. The Labute approximate surface area is 212 Å². The predicted molar refractivity (Wildman–Crippen MR) is 136 cm³/mol. The fourth-order valence-corrected chi connectivity index (χ4v) is 5.35. The maximum atomic E-state index is 13.3. The van der Waals surface area contributed by atoms with E-state index in [0.29, 0.717) is 41.7 Å². The van der Waals surface area contributed by atoms with Gasteiger partial charge in [0.2, 0.25) is 5.91 Å². The number of hydrogen-bond acceptors (Lipinski definition) is 3. The van der Waals surface area contributed by atoms with Gasteiger partial charge in [-0.15, -0.1) is 0 Å². The van der Waals surface area contributed by atoms with Gasteiger partial charge in [0.05, 0.1) is 17.2 Å². The Morgan fingerprint density at radius 2 is 1.68 bits per heavy atom. The molecular formula is C27H32Cl2N2O3. The molecule has 2 amide bonds. The lowest BCUT2D eigenvalue weighted by atomic mass is 9.77. The van der Waals surface area contributed by atoms with E-state index in [4.69, 9.17) is 27.9 Å². The maximum Gasteiger partial charge on any atom is 0.255 e. The topological polar surface area (TPSA) is 49.9 Å². The smallest absolute Gasteiger partial charge is 0.255 e. The highest BCUT2D eigenvalue weighted by atomic mass is 35.5. The third-order valence-electron chi connectivity index (χ3n) is 6.96. The summed E-state index contributed by atoms with van der Waals surface area (Å²) in [7, 11) is 0. The molecule has 5 nitrogen and oxygen atoms in total. The van der Waals surface area contributed by atoms with Crippen LogP contribution in [0.4, 0.5) is 0 Å². The number of halogens is 2. The first-order valence-electron chi connectivity index (χ1n) is 12.1. The van der Waals surface area contributed by atoms with Crippen molar-refractivity contribution < 1.29 is 14.3 Å². The van der Waals surface area contributed by atoms with E-state index in [1.54, 1.807) is 12.1 Å². The number of aryl methyl sites for hydroxylation is 1. The van der Waals surface area contributed by atoms with Crippen LogP contribution in [0.15, 0.2) is 42.5 Å². The Hall–Kier alpha value is -2.24. The zero-order valence-electron chi connectivity index (χ0n) is 19.7. The number of likely N-dealkylation sites (tertiary alicyclic amines) is 2. The normalized spacial score (nSPS) is 20.8. The molecule has 2 aliphatic rings. The summed E-state index contributed by atoms with van der Waals surface area (Å²) in [5.41, 5.74) is 0.977. The Kier molecular flexibility index (Phi) is 8.05. The van der Waals surface area contributed by atoms with Gasteiger partial charge in [0.15, 0.2) is 0 Å². The maximum absolute atomic E-state index is 13.3. The van der Waals surface area contributed by atoms with Crippen molar-refractivity contribution in [1.82, 2.24) is 9.80 Å². The standard InChI is InChI=1S/C27H32Cl2N2O3/c1-20-16-21(10-11-23(20)28)34-19-27(17-25(32)30-13-5-2-6-14-30)12-7-15-31(18-27)26(33)22-8-3-4-9-24(22)29/h3-4,8-11,16H,2,5-7,12-15,17-19H2,1H3. The van der Waals surface area contributed by atoms with Crippen molar-refractivity contribution in [2.24, 2.45) is 5.41 Å². The second-order valence-electron chi connectivity index (χ2n) is 9.63. The summed E-state index contributed by atoms with van der Waals surface area (Å²) in [5, 5.41) is 1.14. The largest absolute Gasteiger partial charge is 0.493 e. The van der Waals surface area contributed by atoms with Crippen LogP contribution in [0.2, 0.25) is 10.0 Å². The highest BCUT2D eigenvalue weighted by Gasteiger charge is 2.41. The van der Waals surface area contributed by atoms with E-state index in [1.165, 1.54) is 6.42 Å². The van der Waals surface area contributed by atoms with Gasteiger partial charge in [0, 0.05) is 43.0 Å². The average molecular weight is 503 g/mol. The molecule has 1 unspecified atom stereocenters. The number of rotatable bonds is 6. The molecule has 4 rings (SSSR count). The molecule has 0 saturated carbocycles. The third kappa shape index (κ3) is 5.87. The van der Waals surface area contributed by atoms with Crippen LogP contribution in [0, 0.1) is 12.3 Å². The summed E-state index contributed by atoms with van der Waals surface area (Å²) in [5.74, 6) is 0.784. The van der Waals surface area contributed by atoms with Gasteiger partial charge in [0.25, 0.3) is 5.91 Å². The minimum absolute atomic E-state index is 0.0950. The predicted octanol–water partition coefficient (Wildman–Crippen LogP) is 6.01. The van der Waals surface area contributed by atoms with Crippen LogP contribution in [0.25, 0.3) is 0 Å². The van der Waals surface area contributed by atoms with E-state index in [9.17, 15) is 9.59 Å². The minimum atomic E-state index is -0.461. The first-order valence-corrected chi connectivity index (χ1v) is 12.8. The van der Waals surface area contributed by atoms with Crippen LogP contribution in [-0.4, -0.2) is 54.4 Å². The van der Waals surface area contributed by atoms with Gasteiger partial charge >= 0.3 is 0 Å². The molecule has 0 radical (unpaired) electrons. The number of amides is 2. The molecule has 1 atom stereocenters. The molecule has 2 aromatic carbocycles. The summed E-state index contributed by atoms with van der Waals surface area (Å²) in [6.45, 7) is 5.03. The molecule has 0 aliphatic carbocycles. The van der Waals surface area contributed by atoms with E-state index >= 15 is 0 Å². The van der Waals surface area contributed by atoms with E-state index in [-0.39, 0.29) is 11.8 Å². The first kappa shape index (κ1) is 24.9. The van der Waals surface area contributed by atoms with Gasteiger partial charge in [-0.25, -0.2) is 0 Å². The molecule has 2 heterocycles. The number of carbonyl (C=O) groups excluding carboxylic acids is 2. The number of piperidine rings is 2. The highest BCUT2D eigenvalue weighted by Crippen LogP contribution is 2.37. The van der Waals surface area contributed by atoms with Crippen LogP contribution in [0.5, 0.6) is 5.75 Å². The SMILES string of the molecule is Cc1cc(OCC2(CC(=O)N3CCCCC3)CCCN(C(=O)c3ccccc3Cl)C2)ccc1Cl. The van der Waals surface area contributed by atoms with Crippen molar-refractivity contribution in [3.05, 3.63) is 63.6 Å². The fraction of sp³-hybridized carbons (Fsp3) is 0.481. The van der Waals surface area contributed by atoms with Crippen molar-refractivity contribution >= 4 is 35.0 Å². The van der Waals surface area contributed by atoms with Crippen molar-refractivity contribution in [1.29, 1.82) is 0 Å². The quantitative estimate of drug-likeness (QED) is 0.486. The van der Waals surface area contributed by atoms with Crippen LogP contribution in [0.1, 0.15) is 54.4 Å². The molecule has 2 saturated heterocycles. The van der Waals surface area contributed by atoms with Gasteiger partial charge in [-0.2, -0.15) is 0 Å². The molecular weight excluding hydrogens is 471 g/mol. The molecule has 7 heteroatoms. The summed E-state index contributed by atoms with van der Waals surface area (Å²) in [6, 6.07) is 12.7. The van der Waals surface area contributed by atoms with Crippen molar-refractivity contribution in [3.63, 3.8) is 0 Å². The van der Waals surface area contributed by atoms with Gasteiger partial charge in [-0.05, 0) is 74.9 Å². The van der Waals surface area contributed by atoms with Gasteiger partial charge in [0.1, 0.15) is 5.75 Å². The number of carbonyl (C=O) groups is 2. The summed E-state index contributed by atoms with van der Waals surface area (Å²) in [4.78, 5) is 30.5. The lowest BCUT2D eigenvalue weighted by Gasteiger charge is -2.43. The van der Waals surface area contributed by atoms with Crippen LogP contribution >= 0.6 is 23.2 Å². The summed E-state index contributed by atoms with van der Waals surface area (Å²) < 4.78 is 6.24. The molecule has 0 aromatic heterocycles. The summed E-state index contributed by atoms with van der Waals surface area (Å²) in [6.07, 6.45) is 5.28. The molecule has 2 aromatic rings. The van der Waals surface area contributed by atoms with Crippen LogP contribution in [-0.2, 0) is 4.79 Å². The zero-order valence-corrected chi connectivity index (χ0v) is 21.2. The number of nitrogens with zero attached hydrogens (tertiary/aromatic N) is 2. The summed E-state index contributed by atoms with van der Waals surface area (Å²) >= 11 is 12.5. The number of ether oxygens (including phenoxy) is 1. The molecule has 2 aliphatic heterocycles. The Balaban J connectivity index is 1.55. The molecule has 34 heavy (non-hydrogen) atoms. The molecule has 0 spiro atoms. The number of benzene rings is 2. The third-order valence-corrected chi connectivity index (χ3v) is 7.72. The minimum Gasteiger partial charge on any atom is -0.493 e. The second kappa shape index (κ2) is 11.0. The van der Waals surface area contributed by atoms with Gasteiger partial charge in [-0.3, -0.25) is 9.59 Å². The monoisotopic (exact) mass is 502 g/mol. The van der Waals surface area contributed by atoms with Gasteiger partial charge in [-0.1, -0.05) is 35.3 Å². The Morgan fingerprint density at radius 3 is 2.41 bits per heavy atom. The zero-order chi connectivity index (χ0) is 24.1. The molecule has 0 N–H and O–H groups in total. The fourth-order valence-electron chi connectivity index (χ4n) is 5.02. The molecule has 0 bridgehead atoms. The van der Waals surface area contributed by atoms with E-state index in [0.717, 1.165) is 50.1 Å². The number of hydrogen-bond donors (Lipinski definition) is 0. The van der Waals surface area contributed by atoms with E-state index in [2.05, 4.69) is 0 Å². The van der Waals surface area contributed by atoms with Crippen LogP contribution < -0.4 is 4.74 Å². The van der Waals surface area contributed by atoms with Crippen molar-refractivity contribution in [2.75, 3.05) is 32.8 Å².